The summed E-state index contributed by atoms with van der Waals surface area (Å²) in [6.45, 7) is 10.0. The van der Waals surface area contributed by atoms with Crippen molar-refractivity contribution in [1.29, 1.82) is 0 Å². The first-order chi connectivity index (χ1) is 14.3. The van der Waals surface area contributed by atoms with Gasteiger partial charge in [-0.3, -0.25) is 4.99 Å². The summed E-state index contributed by atoms with van der Waals surface area (Å²) >= 11 is 0. The Morgan fingerprint density at radius 3 is 2.67 bits per heavy atom. The summed E-state index contributed by atoms with van der Waals surface area (Å²) in [5.41, 5.74) is 2.55. The highest BCUT2D eigenvalue weighted by atomic mass is 16.5. The lowest BCUT2D eigenvalue weighted by Gasteiger charge is -2.28. The van der Waals surface area contributed by atoms with Crippen LogP contribution in [0.1, 0.15) is 63.6 Å². The average molecular weight is 418 g/mol. The number of rotatable bonds is 10. The average Bonchev–Trinajstić information content (AvgIpc) is 2.71. The molecule has 1 fully saturated rings. The number of hydrogen-bond donors (Lipinski definition) is 2. The number of allylic oxidation sites excluding steroid dienone is 1. The zero-order chi connectivity index (χ0) is 22.1. The van der Waals surface area contributed by atoms with Gasteiger partial charge in [0, 0.05) is 25.8 Å². The fourth-order valence-corrected chi connectivity index (χ4v) is 3.78. The Hall–Kier alpha value is -1.99. The molecule has 1 aliphatic carbocycles. The van der Waals surface area contributed by atoms with E-state index in [1.54, 1.807) is 13.2 Å². The predicted molar refractivity (Wildman–Crippen MR) is 124 cm³/mol. The van der Waals surface area contributed by atoms with Gasteiger partial charge in [0.2, 0.25) is 11.8 Å². The minimum Gasteiger partial charge on any atom is -0.476 e. The number of anilines is 1. The van der Waals surface area contributed by atoms with E-state index in [1.807, 2.05) is 14.1 Å². The SMILES string of the molecule is C=C(c1nc(NC(C)CCC)ncc1/C(=N\C)OCCN(C)C)[C@H]1CC[C@H](O)CC1. The van der Waals surface area contributed by atoms with Crippen molar-refractivity contribution in [2.45, 2.75) is 64.5 Å². The van der Waals surface area contributed by atoms with Gasteiger partial charge in [-0.15, -0.1) is 0 Å². The summed E-state index contributed by atoms with van der Waals surface area (Å²) in [4.78, 5) is 15.8. The first-order valence-corrected chi connectivity index (χ1v) is 11.1. The van der Waals surface area contributed by atoms with Crippen LogP contribution in [0.2, 0.25) is 0 Å². The molecule has 0 amide bonds. The lowest BCUT2D eigenvalue weighted by molar-refractivity contribution is 0.119. The van der Waals surface area contributed by atoms with Crippen molar-refractivity contribution in [2.75, 3.05) is 39.6 Å². The van der Waals surface area contributed by atoms with Crippen LogP contribution in [0.25, 0.3) is 5.57 Å². The van der Waals surface area contributed by atoms with Crippen LogP contribution in [0.4, 0.5) is 5.95 Å². The summed E-state index contributed by atoms with van der Waals surface area (Å²) < 4.78 is 5.97. The lowest BCUT2D eigenvalue weighted by atomic mass is 9.81. The van der Waals surface area contributed by atoms with Crippen LogP contribution in [0.15, 0.2) is 17.8 Å². The van der Waals surface area contributed by atoms with E-state index in [-0.39, 0.29) is 6.10 Å². The van der Waals surface area contributed by atoms with Gasteiger partial charge in [-0.1, -0.05) is 19.9 Å². The molecule has 1 aromatic heterocycles. The van der Waals surface area contributed by atoms with Crippen molar-refractivity contribution in [1.82, 2.24) is 14.9 Å². The van der Waals surface area contributed by atoms with Crippen LogP contribution < -0.4 is 5.32 Å². The fourth-order valence-electron chi connectivity index (χ4n) is 3.78. The molecule has 1 aliphatic rings. The van der Waals surface area contributed by atoms with E-state index in [0.29, 0.717) is 30.4 Å². The van der Waals surface area contributed by atoms with Gasteiger partial charge in [-0.25, -0.2) is 9.97 Å². The summed E-state index contributed by atoms with van der Waals surface area (Å²) in [6, 6.07) is 0.294. The monoisotopic (exact) mass is 417 g/mol. The van der Waals surface area contributed by atoms with E-state index in [4.69, 9.17) is 9.72 Å². The minimum absolute atomic E-state index is 0.201. The number of likely N-dealkylation sites (N-methyl/N-ethyl adjacent to an activating group) is 1. The largest absolute Gasteiger partial charge is 0.476 e. The molecular weight excluding hydrogens is 378 g/mol. The molecule has 0 aromatic carbocycles. The highest BCUT2D eigenvalue weighted by Gasteiger charge is 2.26. The quantitative estimate of drug-likeness (QED) is 0.447. The third-order valence-electron chi connectivity index (χ3n) is 5.59. The minimum atomic E-state index is -0.201. The Kier molecular flexibility index (Phi) is 9.72. The molecule has 1 atom stereocenters. The molecule has 2 rings (SSSR count). The summed E-state index contributed by atoms with van der Waals surface area (Å²) in [6.07, 6.45) is 7.18. The molecule has 1 heterocycles. The number of ether oxygens (including phenoxy) is 1. The molecule has 0 aliphatic heterocycles. The highest BCUT2D eigenvalue weighted by Crippen LogP contribution is 2.35. The van der Waals surface area contributed by atoms with Crippen molar-refractivity contribution >= 4 is 17.4 Å². The van der Waals surface area contributed by atoms with Gasteiger partial charge in [0.05, 0.1) is 17.4 Å². The number of aromatic nitrogens is 2. The van der Waals surface area contributed by atoms with E-state index in [1.165, 1.54) is 0 Å². The molecular formula is C23H39N5O2. The molecule has 7 heteroatoms. The highest BCUT2D eigenvalue weighted by molar-refractivity contribution is 5.98. The molecule has 168 valence electrons. The fraction of sp³-hybridized carbons (Fsp3) is 0.696. The first-order valence-electron chi connectivity index (χ1n) is 11.1. The van der Waals surface area contributed by atoms with Crippen LogP contribution in [-0.2, 0) is 4.74 Å². The maximum Gasteiger partial charge on any atom is 0.223 e. The van der Waals surface area contributed by atoms with Crippen molar-refractivity contribution in [3.8, 4) is 0 Å². The second kappa shape index (κ2) is 12.0. The van der Waals surface area contributed by atoms with Crippen LogP contribution >= 0.6 is 0 Å². The maximum atomic E-state index is 9.89. The van der Waals surface area contributed by atoms with Crippen LogP contribution in [-0.4, -0.2) is 72.3 Å². The first kappa shape index (κ1) is 24.3. The molecule has 1 unspecified atom stereocenters. The van der Waals surface area contributed by atoms with Crippen molar-refractivity contribution < 1.29 is 9.84 Å². The second-order valence-corrected chi connectivity index (χ2v) is 8.50. The molecule has 0 saturated heterocycles. The van der Waals surface area contributed by atoms with Crippen LogP contribution in [0.5, 0.6) is 0 Å². The summed E-state index contributed by atoms with van der Waals surface area (Å²) in [5.74, 6) is 1.44. The summed E-state index contributed by atoms with van der Waals surface area (Å²) in [7, 11) is 5.75. The van der Waals surface area contributed by atoms with Crippen LogP contribution in [0, 0.1) is 5.92 Å². The smallest absolute Gasteiger partial charge is 0.223 e. The van der Waals surface area contributed by atoms with E-state index in [0.717, 1.165) is 61.9 Å². The third kappa shape index (κ3) is 7.06. The van der Waals surface area contributed by atoms with E-state index >= 15 is 0 Å². The standard InChI is InChI=1S/C23H39N5O2/c1-7-8-16(2)26-23-25-15-20(22(24-4)30-14-13-28(5)6)21(27-23)17(3)18-9-11-19(29)12-10-18/h15-16,18-19,29H,3,7-14H2,1-2,4-6H3,(H,25,26,27)/b24-22+/t16?,18-,19-. The van der Waals surface area contributed by atoms with Gasteiger partial charge in [0.25, 0.3) is 0 Å². The van der Waals surface area contributed by atoms with Crippen molar-refractivity contribution in [3.05, 3.63) is 24.0 Å². The van der Waals surface area contributed by atoms with E-state index in [9.17, 15) is 5.11 Å². The molecule has 0 radical (unpaired) electrons. The zero-order valence-electron chi connectivity index (χ0n) is 19.3. The van der Waals surface area contributed by atoms with Gasteiger partial charge in [-0.2, -0.15) is 0 Å². The Balaban J connectivity index is 2.30. The number of aliphatic hydroxyl groups excluding tert-OH is 1. The Bertz CT molecular complexity index is 712. The Morgan fingerprint density at radius 2 is 2.07 bits per heavy atom. The Morgan fingerprint density at radius 1 is 1.37 bits per heavy atom. The van der Waals surface area contributed by atoms with Crippen molar-refractivity contribution in [3.63, 3.8) is 0 Å². The number of hydrogen-bond acceptors (Lipinski definition) is 7. The number of nitrogens with zero attached hydrogens (tertiary/aromatic N) is 4. The third-order valence-corrected chi connectivity index (χ3v) is 5.59. The molecule has 1 saturated carbocycles. The van der Waals surface area contributed by atoms with Gasteiger partial charge in [-0.05, 0) is 64.6 Å². The van der Waals surface area contributed by atoms with Crippen molar-refractivity contribution in [2.24, 2.45) is 10.9 Å². The molecule has 0 spiro atoms. The van der Waals surface area contributed by atoms with E-state index < -0.39 is 0 Å². The number of aliphatic imine (C=N–C) groups is 1. The normalized spacial score (nSPS) is 20.8. The van der Waals surface area contributed by atoms with Gasteiger partial charge in [0.1, 0.15) is 6.61 Å². The van der Waals surface area contributed by atoms with E-state index in [2.05, 4.69) is 40.6 Å². The molecule has 2 N–H and O–H groups in total. The molecule has 1 aromatic rings. The van der Waals surface area contributed by atoms with Gasteiger partial charge >= 0.3 is 0 Å². The molecule has 0 bridgehead atoms. The topological polar surface area (TPSA) is 82.9 Å². The van der Waals surface area contributed by atoms with Gasteiger partial charge in [0.15, 0.2) is 0 Å². The zero-order valence-corrected chi connectivity index (χ0v) is 19.3. The lowest BCUT2D eigenvalue weighted by Crippen LogP contribution is -2.24. The molecule has 30 heavy (non-hydrogen) atoms. The summed E-state index contributed by atoms with van der Waals surface area (Å²) in [5, 5.41) is 13.3. The second-order valence-electron chi connectivity index (χ2n) is 8.50. The maximum absolute atomic E-state index is 9.89. The molecule has 7 nitrogen and oxygen atoms in total. The number of nitrogens with one attached hydrogen (secondary N) is 1. The van der Waals surface area contributed by atoms with Gasteiger partial charge < -0.3 is 20.1 Å². The Labute approximate surface area is 181 Å². The van der Waals surface area contributed by atoms with Crippen LogP contribution in [0.3, 0.4) is 0 Å². The predicted octanol–water partition coefficient (Wildman–Crippen LogP) is 3.60. The number of aliphatic hydroxyl groups is 1.